The van der Waals surface area contributed by atoms with Gasteiger partial charge in [0.15, 0.2) is 5.76 Å². The van der Waals surface area contributed by atoms with Gasteiger partial charge in [0.1, 0.15) is 5.58 Å². The zero-order valence-electron chi connectivity index (χ0n) is 16.2. The van der Waals surface area contributed by atoms with Gasteiger partial charge in [0.2, 0.25) is 0 Å². The summed E-state index contributed by atoms with van der Waals surface area (Å²) in [6, 6.07) is 13.7. The van der Waals surface area contributed by atoms with Crippen LogP contribution in [0.15, 0.2) is 56.5 Å². The molecule has 5 nitrogen and oxygen atoms in total. The molecule has 152 valence electrons. The van der Waals surface area contributed by atoms with E-state index in [1.54, 1.807) is 12.3 Å². The lowest BCUT2D eigenvalue weighted by molar-refractivity contribution is 0.0929. The highest BCUT2D eigenvalue weighted by atomic mass is 79.9. The minimum atomic E-state index is -0.369. The predicted molar refractivity (Wildman–Crippen MR) is 123 cm³/mol. The number of aryl methyl sites for hydroxylation is 1. The molecule has 1 N–H and O–H groups in total. The Morgan fingerprint density at radius 1 is 1.14 bits per heavy atom. The first-order chi connectivity index (χ1) is 13.6. The number of carbonyl (C=O) groups excluding carboxylic acids is 1. The monoisotopic (exact) mass is 475 g/mol. The largest absolute Gasteiger partial charge is 0.451 e. The standard InChI is InChI=1S/C22H22BrN3O2.ClH/c1-15-11-19(26-9-3-2-4-10-26)7-5-16(15)14-24-25-22(27)21-13-17-12-18(23)6-8-20(17)28-21;/h5-8,11-14H,2-4,9-10H2,1H3,(H,25,27);1H/b24-14+;. The van der Waals surface area contributed by atoms with E-state index in [4.69, 9.17) is 4.42 Å². The van der Waals surface area contributed by atoms with Crippen LogP contribution in [-0.2, 0) is 0 Å². The second-order valence-electron chi connectivity index (χ2n) is 7.08. The first-order valence-electron chi connectivity index (χ1n) is 9.48. The van der Waals surface area contributed by atoms with Gasteiger partial charge in [0.05, 0.1) is 6.21 Å². The highest BCUT2D eigenvalue weighted by molar-refractivity contribution is 9.10. The molecule has 1 aliphatic heterocycles. The lowest BCUT2D eigenvalue weighted by Crippen LogP contribution is -2.29. The van der Waals surface area contributed by atoms with Crippen molar-refractivity contribution in [2.24, 2.45) is 5.10 Å². The number of anilines is 1. The van der Waals surface area contributed by atoms with Gasteiger partial charge in [-0.25, -0.2) is 5.43 Å². The number of fused-ring (bicyclic) bond motifs is 1. The van der Waals surface area contributed by atoms with Gasteiger partial charge in [-0.05, 0) is 73.7 Å². The van der Waals surface area contributed by atoms with Gasteiger partial charge in [-0.2, -0.15) is 5.10 Å². The summed E-state index contributed by atoms with van der Waals surface area (Å²) in [6.07, 6.45) is 5.51. The number of rotatable bonds is 4. The van der Waals surface area contributed by atoms with E-state index in [1.807, 2.05) is 24.3 Å². The highest BCUT2D eigenvalue weighted by Gasteiger charge is 2.13. The maximum Gasteiger partial charge on any atom is 0.307 e. The van der Waals surface area contributed by atoms with Crippen LogP contribution >= 0.6 is 28.3 Å². The number of amides is 1. The summed E-state index contributed by atoms with van der Waals surface area (Å²) in [7, 11) is 0. The Kier molecular flexibility index (Phi) is 6.98. The summed E-state index contributed by atoms with van der Waals surface area (Å²) in [6.45, 7) is 4.31. The SMILES string of the molecule is Cc1cc(N2CCCCC2)ccc1/C=N/NC(=O)c1cc2cc(Br)ccc2o1.Cl. The lowest BCUT2D eigenvalue weighted by atomic mass is 10.1. The predicted octanol–water partition coefficient (Wildman–Crippen LogP) is 5.68. The van der Waals surface area contributed by atoms with Crippen LogP contribution in [0.5, 0.6) is 0 Å². The minimum absolute atomic E-state index is 0. The summed E-state index contributed by atoms with van der Waals surface area (Å²) in [5, 5.41) is 4.97. The summed E-state index contributed by atoms with van der Waals surface area (Å²) in [4.78, 5) is 14.7. The molecule has 1 aliphatic rings. The average Bonchev–Trinajstić information content (AvgIpc) is 3.13. The van der Waals surface area contributed by atoms with E-state index in [2.05, 4.69) is 50.4 Å². The van der Waals surface area contributed by atoms with Crippen LogP contribution < -0.4 is 10.3 Å². The topological polar surface area (TPSA) is 57.8 Å². The van der Waals surface area contributed by atoms with Crippen LogP contribution in [0, 0.1) is 6.92 Å². The van der Waals surface area contributed by atoms with Gasteiger partial charge in [0, 0.05) is 28.6 Å². The molecule has 2 aromatic carbocycles. The number of hydrogen-bond acceptors (Lipinski definition) is 4. The van der Waals surface area contributed by atoms with Crippen molar-refractivity contribution in [3.05, 3.63) is 63.8 Å². The van der Waals surface area contributed by atoms with Crippen LogP contribution in [-0.4, -0.2) is 25.2 Å². The van der Waals surface area contributed by atoms with Crippen LogP contribution in [0.1, 0.15) is 40.9 Å². The number of piperidine rings is 1. The molecule has 3 aromatic rings. The second-order valence-corrected chi connectivity index (χ2v) is 8.00. The minimum Gasteiger partial charge on any atom is -0.451 e. The molecule has 0 bridgehead atoms. The number of furan rings is 1. The fourth-order valence-electron chi connectivity index (χ4n) is 3.50. The molecule has 0 saturated carbocycles. The molecular weight excluding hydrogens is 454 g/mol. The van der Waals surface area contributed by atoms with E-state index in [9.17, 15) is 4.79 Å². The third-order valence-corrected chi connectivity index (χ3v) is 5.54. The molecule has 0 unspecified atom stereocenters. The average molecular weight is 477 g/mol. The number of nitrogens with zero attached hydrogens (tertiary/aromatic N) is 2. The van der Waals surface area contributed by atoms with Crippen LogP contribution in [0.2, 0.25) is 0 Å². The van der Waals surface area contributed by atoms with Crippen molar-refractivity contribution in [2.45, 2.75) is 26.2 Å². The van der Waals surface area contributed by atoms with E-state index >= 15 is 0 Å². The van der Waals surface area contributed by atoms with Gasteiger partial charge >= 0.3 is 5.91 Å². The third kappa shape index (κ3) is 5.00. The number of hydrogen-bond donors (Lipinski definition) is 1. The van der Waals surface area contributed by atoms with Gasteiger partial charge < -0.3 is 9.32 Å². The number of hydrazone groups is 1. The number of benzene rings is 2. The summed E-state index contributed by atoms with van der Waals surface area (Å²) in [5.74, 6) is -0.131. The first kappa shape index (κ1) is 21.4. The Balaban J connectivity index is 0.00000240. The Morgan fingerprint density at radius 3 is 2.69 bits per heavy atom. The summed E-state index contributed by atoms with van der Waals surface area (Å²) in [5.41, 5.74) is 6.58. The lowest BCUT2D eigenvalue weighted by Gasteiger charge is -2.29. The molecule has 0 radical (unpaired) electrons. The van der Waals surface area contributed by atoms with Crippen molar-refractivity contribution in [1.29, 1.82) is 0 Å². The van der Waals surface area contributed by atoms with Crippen LogP contribution in [0.4, 0.5) is 5.69 Å². The number of halogens is 2. The van der Waals surface area contributed by atoms with E-state index in [1.165, 1.54) is 24.9 Å². The van der Waals surface area contributed by atoms with Crippen molar-refractivity contribution in [3.63, 3.8) is 0 Å². The molecule has 1 aromatic heterocycles. The van der Waals surface area contributed by atoms with E-state index < -0.39 is 0 Å². The van der Waals surface area contributed by atoms with Gasteiger partial charge in [0.25, 0.3) is 0 Å². The maximum atomic E-state index is 12.3. The summed E-state index contributed by atoms with van der Waals surface area (Å²) >= 11 is 3.41. The molecule has 0 spiro atoms. The smallest absolute Gasteiger partial charge is 0.307 e. The van der Waals surface area contributed by atoms with Gasteiger partial charge in [-0.1, -0.05) is 22.0 Å². The summed E-state index contributed by atoms with van der Waals surface area (Å²) < 4.78 is 6.52. The van der Waals surface area contributed by atoms with Crippen LogP contribution in [0.25, 0.3) is 11.0 Å². The molecule has 4 rings (SSSR count). The van der Waals surface area contributed by atoms with Gasteiger partial charge in [-0.3, -0.25) is 4.79 Å². The molecule has 1 fully saturated rings. The highest BCUT2D eigenvalue weighted by Crippen LogP contribution is 2.24. The van der Waals surface area contributed by atoms with Crippen molar-refractivity contribution < 1.29 is 9.21 Å². The first-order valence-corrected chi connectivity index (χ1v) is 10.3. The van der Waals surface area contributed by atoms with Crippen molar-refractivity contribution in [3.8, 4) is 0 Å². The molecule has 0 aliphatic carbocycles. The van der Waals surface area contributed by atoms with E-state index in [-0.39, 0.29) is 24.1 Å². The van der Waals surface area contributed by atoms with Crippen molar-refractivity contribution >= 4 is 57.1 Å². The van der Waals surface area contributed by atoms with E-state index in [0.717, 1.165) is 34.1 Å². The Hall–Kier alpha value is -2.31. The maximum absolute atomic E-state index is 12.3. The molecule has 29 heavy (non-hydrogen) atoms. The Labute approximate surface area is 184 Å². The van der Waals surface area contributed by atoms with Crippen molar-refractivity contribution in [2.75, 3.05) is 18.0 Å². The zero-order valence-corrected chi connectivity index (χ0v) is 18.6. The molecule has 7 heteroatoms. The third-order valence-electron chi connectivity index (χ3n) is 5.05. The molecule has 1 amide bonds. The van der Waals surface area contributed by atoms with Gasteiger partial charge in [-0.15, -0.1) is 12.4 Å². The Morgan fingerprint density at radius 2 is 1.93 bits per heavy atom. The second kappa shape index (κ2) is 9.46. The molecule has 1 saturated heterocycles. The van der Waals surface area contributed by atoms with Crippen molar-refractivity contribution in [1.82, 2.24) is 5.43 Å². The van der Waals surface area contributed by atoms with E-state index in [0.29, 0.717) is 5.58 Å². The quantitative estimate of drug-likeness (QED) is 0.389. The fraction of sp³-hybridized carbons (Fsp3) is 0.273. The fourth-order valence-corrected chi connectivity index (χ4v) is 3.87. The molecular formula is C22H23BrClN3O2. The number of carbonyl (C=O) groups is 1. The zero-order chi connectivity index (χ0) is 19.5. The Bertz CT molecular complexity index is 1040. The molecule has 0 atom stereocenters. The molecule has 2 heterocycles. The number of nitrogens with one attached hydrogen (secondary N) is 1. The van der Waals surface area contributed by atoms with Crippen LogP contribution in [0.3, 0.4) is 0 Å². The normalized spacial score (nSPS) is 14.2.